The molecule has 0 unspecified atom stereocenters. The third kappa shape index (κ3) is 2.07. The zero-order valence-corrected chi connectivity index (χ0v) is 13.2. The van der Waals surface area contributed by atoms with Crippen LogP contribution in [-0.4, -0.2) is 31.6 Å². The Morgan fingerprint density at radius 3 is 2.65 bits per heavy atom. The van der Waals surface area contributed by atoms with Crippen LogP contribution in [-0.2, 0) is 23.1 Å². The quantitative estimate of drug-likeness (QED) is 0.635. The molecule has 0 radical (unpaired) electrons. The number of oxazole rings is 1. The lowest BCUT2D eigenvalue weighted by Gasteiger charge is -2.07. The summed E-state index contributed by atoms with van der Waals surface area (Å²) in [6, 6.07) is 0. The highest BCUT2D eigenvalue weighted by molar-refractivity contribution is 5.75. The molecule has 0 saturated carbocycles. The van der Waals surface area contributed by atoms with E-state index in [1.54, 1.807) is 18.2 Å². The van der Waals surface area contributed by atoms with Crippen LogP contribution in [0.4, 0.5) is 0 Å². The Bertz CT molecular complexity index is 1050. The lowest BCUT2D eigenvalue weighted by Crippen LogP contribution is -2.40. The third-order valence-corrected chi connectivity index (χ3v) is 3.97. The number of nitrogens with zero attached hydrogens (tertiary/aromatic N) is 4. The van der Waals surface area contributed by atoms with Gasteiger partial charge >= 0.3 is 17.5 Å². The number of esters is 1. The Morgan fingerprint density at radius 1 is 1.30 bits per heavy atom. The fraction of sp³-hybridized carbons (Fsp3) is 0.429. The number of rotatable bonds is 3. The fourth-order valence-electron chi connectivity index (χ4n) is 2.55. The van der Waals surface area contributed by atoms with E-state index in [1.165, 1.54) is 18.7 Å². The molecule has 3 heterocycles. The van der Waals surface area contributed by atoms with Crippen LogP contribution >= 0.6 is 0 Å². The van der Waals surface area contributed by atoms with Gasteiger partial charge in [0.05, 0.1) is 19.2 Å². The first-order valence-corrected chi connectivity index (χ1v) is 7.01. The molecule has 0 aliphatic carbocycles. The van der Waals surface area contributed by atoms with Gasteiger partial charge in [-0.3, -0.25) is 23.1 Å². The van der Waals surface area contributed by atoms with E-state index in [-0.39, 0.29) is 30.0 Å². The summed E-state index contributed by atoms with van der Waals surface area (Å²) in [5.74, 6) is 0.407. The lowest BCUT2D eigenvalue weighted by atomic mass is 10.4. The van der Waals surface area contributed by atoms with Crippen LogP contribution in [0.5, 0.6) is 0 Å². The second-order valence-corrected chi connectivity index (χ2v) is 5.27. The summed E-state index contributed by atoms with van der Waals surface area (Å²) >= 11 is 0. The number of carbonyl (C=O) groups excluding carboxylic acids is 1. The zero-order chi connectivity index (χ0) is 16.9. The van der Waals surface area contributed by atoms with Crippen molar-refractivity contribution in [3.05, 3.63) is 32.3 Å². The van der Waals surface area contributed by atoms with Gasteiger partial charge in [-0.2, -0.15) is 4.98 Å². The van der Waals surface area contributed by atoms with Gasteiger partial charge in [0, 0.05) is 13.6 Å². The summed E-state index contributed by atoms with van der Waals surface area (Å²) in [5.41, 5.74) is 0.181. The number of fused-ring (bicyclic) bond motifs is 3. The van der Waals surface area contributed by atoms with Crippen molar-refractivity contribution in [3.8, 4) is 0 Å². The highest BCUT2D eigenvalue weighted by atomic mass is 16.5. The average molecular weight is 320 g/mol. The molecule has 9 heteroatoms. The van der Waals surface area contributed by atoms with Crippen molar-refractivity contribution in [1.82, 2.24) is 18.5 Å². The standard InChI is InChI=1S/C14H16N4O5/c1-7-8(2)23-13-15-11-10(18(7)13)12(20)17(14(21)16(11)3)6-5-9(19)22-4/h5-6H2,1-4H3. The van der Waals surface area contributed by atoms with Crippen molar-refractivity contribution < 1.29 is 13.9 Å². The monoisotopic (exact) mass is 320 g/mol. The molecule has 0 atom stereocenters. The van der Waals surface area contributed by atoms with E-state index in [2.05, 4.69) is 9.72 Å². The second-order valence-electron chi connectivity index (χ2n) is 5.27. The first-order valence-electron chi connectivity index (χ1n) is 7.01. The number of hydrogen-bond acceptors (Lipinski definition) is 6. The Balaban J connectivity index is 2.33. The minimum atomic E-state index is -0.540. The number of carbonyl (C=O) groups is 1. The van der Waals surface area contributed by atoms with E-state index >= 15 is 0 Å². The van der Waals surface area contributed by atoms with Gasteiger partial charge in [0.1, 0.15) is 5.76 Å². The number of aromatic nitrogens is 4. The van der Waals surface area contributed by atoms with Gasteiger partial charge in [-0.1, -0.05) is 0 Å². The van der Waals surface area contributed by atoms with Crippen molar-refractivity contribution in [1.29, 1.82) is 0 Å². The number of ether oxygens (including phenoxy) is 1. The Labute approximate surface area is 129 Å². The first kappa shape index (κ1) is 15.1. The molecule has 122 valence electrons. The molecule has 3 rings (SSSR count). The number of methoxy groups -OCH3 is 1. The van der Waals surface area contributed by atoms with Crippen molar-refractivity contribution in [2.24, 2.45) is 7.05 Å². The molecule has 0 aliphatic heterocycles. The number of aryl methyl sites for hydroxylation is 3. The van der Waals surface area contributed by atoms with E-state index in [0.29, 0.717) is 5.76 Å². The zero-order valence-electron chi connectivity index (χ0n) is 13.2. The van der Waals surface area contributed by atoms with Gasteiger partial charge in [-0.05, 0) is 13.8 Å². The van der Waals surface area contributed by atoms with Crippen LogP contribution in [0.15, 0.2) is 14.0 Å². The van der Waals surface area contributed by atoms with Gasteiger partial charge in [0.2, 0.25) is 0 Å². The van der Waals surface area contributed by atoms with Gasteiger partial charge in [0.25, 0.3) is 5.56 Å². The predicted molar refractivity (Wildman–Crippen MR) is 80.6 cm³/mol. The predicted octanol–water partition coefficient (Wildman–Crippen LogP) is 0.121. The van der Waals surface area contributed by atoms with Crippen molar-refractivity contribution in [3.63, 3.8) is 0 Å². The SMILES string of the molecule is COC(=O)CCn1c(=O)c2c(nc3oc(C)c(C)n32)n(C)c1=O. The van der Waals surface area contributed by atoms with E-state index in [9.17, 15) is 14.4 Å². The molecule has 0 amide bonds. The van der Waals surface area contributed by atoms with Crippen LogP contribution in [0.2, 0.25) is 0 Å². The van der Waals surface area contributed by atoms with Gasteiger partial charge in [0.15, 0.2) is 11.2 Å². The van der Waals surface area contributed by atoms with Crippen LogP contribution in [0, 0.1) is 13.8 Å². The minimum absolute atomic E-state index is 0.0583. The first-order chi connectivity index (χ1) is 10.9. The van der Waals surface area contributed by atoms with Crippen LogP contribution in [0.1, 0.15) is 17.9 Å². The topological polar surface area (TPSA) is 101 Å². The summed E-state index contributed by atoms with van der Waals surface area (Å²) in [7, 11) is 2.78. The lowest BCUT2D eigenvalue weighted by molar-refractivity contribution is -0.140. The maximum atomic E-state index is 12.7. The van der Waals surface area contributed by atoms with Crippen LogP contribution in [0.25, 0.3) is 17.0 Å². The molecule has 3 aromatic heterocycles. The summed E-state index contributed by atoms with van der Waals surface area (Å²) in [4.78, 5) is 40.6. The molecule has 0 aromatic carbocycles. The summed E-state index contributed by atoms with van der Waals surface area (Å²) in [5, 5.41) is 0. The van der Waals surface area contributed by atoms with Crippen LogP contribution in [0.3, 0.4) is 0 Å². The van der Waals surface area contributed by atoms with Crippen molar-refractivity contribution in [2.45, 2.75) is 26.8 Å². The summed E-state index contributed by atoms with van der Waals surface area (Å²) in [6.07, 6.45) is -0.0670. The third-order valence-electron chi connectivity index (χ3n) is 3.97. The molecule has 0 N–H and O–H groups in total. The molecular formula is C14H16N4O5. The average Bonchev–Trinajstić information content (AvgIpc) is 3.02. The largest absolute Gasteiger partial charge is 0.469 e. The van der Waals surface area contributed by atoms with Crippen LogP contribution < -0.4 is 11.2 Å². The molecule has 0 fully saturated rings. The second kappa shape index (κ2) is 5.11. The molecule has 3 aromatic rings. The molecule has 0 bridgehead atoms. The molecule has 0 aliphatic rings. The van der Waals surface area contributed by atoms with Crippen molar-refractivity contribution in [2.75, 3.05) is 7.11 Å². The normalized spacial score (nSPS) is 11.5. The molecule has 9 nitrogen and oxygen atoms in total. The molecule has 0 spiro atoms. The fourth-order valence-corrected chi connectivity index (χ4v) is 2.55. The van der Waals surface area contributed by atoms with Gasteiger partial charge in [-0.25, -0.2) is 4.79 Å². The summed E-state index contributed by atoms with van der Waals surface area (Å²) in [6.45, 7) is 3.52. The highest BCUT2D eigenvalue weighted by Crippen LogP contribution is 2.19. The van der Waals surface area contributed by atoms with E-state index in [0.717, 1.165) is 10.3 Å². The Morgan fingerprint density at radius 2 is 2.00 bits per heavy atom. The van der Waals surface area contributed by atoms with E-state index < -0.39 is 17.2 Å². The van der Waals surface area contributed by atoms with Crippen molar-refractivity contribution >= 4 is 23.0 Å². The minimum Gasteiger partial charge on any atom is -0.469 e. The summed E-state index contributed by atoms with van der Waals surface area (Å²) < 4.78 is 13.9. The molecule has 23 heavy (non-hydrogen) atoms. The smallest absolute Gasteiger partial charge is 0.332 e. The highest BCUT2D eigenvalue weighted by Gasteiger charge is 2.21. The Kier molecular flexibility index (Phi) is 3.35. The molecule has 0 saturated heterocycles. The number of hydrogen-bond donors (Lipinski definition) is 0. The van der Waals surface area contributed by atoms with E-state index in [4.69, 9.17) is 4.42 Å². The van der Waals surface area contributed by atoms with Gasteiger partial charge in [-0.15, -0.1) is 0 Å². The van der Waals surface area contributed by atoms with E-state index in [1.807, 2.05) is 0 Å². The number of imidazole rings is 1. The Hall–Kier alpha value is -2.84. The molecular weight excluding hydrogens is 304 g/mol. The maximum absolute atomic E-state index is 12.7. The maximum Gasteiger partial charge on any atom is 0.332 e. The van der Waals surface area contributed by atoms with Gasteiger partial charge < -0.3 is 9.15 Å².